The van der Waals surface area contributed by atoms with Gasteiger partial charge in [-0.25, -0.2) is 4.98 Å². The fourth-order valence-electron chi connectivity index (χ4n) is 2.30. The highest BCUT2D eigenvalue weighted by Crippen LogP contribution is 2.20. The van der Waals surface area contributed by atoms with E-state index < -0.39 is 0 Å². The summed E-state index contributed by atoms with van der Waals surface area (Å²) < 4.78 is 5.84. The first kappa shape index (κ1) is 14.2. The van der Waals surface area contributed by atoms with Crippen LogP contribution in [0.2, 0.25) is 0 Å². The second kappa shape index (κ2) is 6.82. The first-order valence-corrected chi connectivity index (χ1v) is 7.25. The second-order valence-corrected chi connectivity index (χ2v) is 5.27. The largest absolute Gasteiger partial charge is 0.388 e. The Hall–Kier alpha value is -1.20. The van der Waals surface area contributed by atoms with Crippen LogP contribution in [0, 0.1) is 0 Å². The molecule has 4 nitrogen and oxygen atoms in total. The van der Waals surface area contributed by atoms with E-state index in [0.29, 0.717) is 16.8 Å². The van der Waals surface area contributed by atoms with Crippen LogP contribution in [-0.2, 0) is 4.74 Å². The number of pyridine rings is 1. The molecule has 1 aliphatic rings. The molecule has 0 spiro atoms. The van der Waals surface area contributed by atoms with Crippen molar-refractivity contribution in [1.82, 2.24) is 4.98 Å². The van der Waals surface area contributed by atoms with E-state index in [1.165, 1.54) is 0 Å². The van der Waals surface area contributed by atoms with Crippen LogP contribution in [0.3, 0.4) is 0 Å². The molecule has 0 aromatic carbocycles. The van der Waals surface area contributed by atoms with Crippen molar-refractivity contribution < 1.29 is 4.74 Å². The predicted molar refractivity (Wildman–Crippen MR) is 81.6 cm³/mol. The van der Waals surface area contributed by atoms with Gasteiger partial charge in [0.2, 0.25) is 0 Å². The summed E-state index contributed by atoms with van der Waals surface area (Å²) in [5.74, 6) is 0.940. The van der Waals surface area contributed by atoms with E-state index in [-0.39, 0.29) is 0 Å². The van der Waals surface area contributed by atoms with Gasteiger partial charge < -0.3 is 15.4 Å². The number of hydrogen-bond acceptors (Lipinski definition) is 4. The molecular formula is C14H21N3OS. The zero-order valence-corrected chi connectivity index (χ0v) is 12.2. The minimum atomic E-state index is 0.309. The fraction of sp³-hybridized carbons (Fsp3) is 0.571. The lowest BCUT2D eigenvalue weighted by molar-refractivity contribution is 0.0439. The second-order valence-electron chi connectivity index (χ2n) is 4.83. The monoisotopic (exact) mass is 279 g/mol. The first-order chi connectivity index (χ1) is 9.20. The summed E-state index contributed by atoms with van der Waals surface area (Å²) in [5.41, 5.74) is 6.32. The van der Waals surface area contributed by atoms with E-state index in [4.69, 9.17) is 22.7 Å². The average Bonchev–Trinajstić information content (AvgIpc) is 2.45. The maximum absolute atomic E-state index is 5.84. The van der Waals surface area contributed by atoms with Gasteiger partial charge in [-0.3, -0.25) is 0 Å². The van der Waals surface area contributed by atoms with E-state index in [1.54, 1.807) is 0 Å². The van der Waals surface area contributed by atoms with E-state index in [0.717, 1.165) is 44.8 Å². The van der Waals surface area contributed by atoms with E-state index in [1.807, 2.05) is 18.2 Å². The predicted octanol–water partition coefficient (Wildman–Crippen LogP) is 2.11. The molecule has 1 fully saturated rings. The van der Waals surface area contributed by atoms with Crippen LogP contribution in [0.1, 0.15) is 31.9 Å². The average molecular weight is 279 g/mol. The van der Waals surface area contributed by atoms with Gasteiger partial charge >= 0.3 is 0 Å². The summed E-state index contributed by atoms with van der Waals surface area (Å²) >= 11 is 4.98. The number of thiocarbonyl (C=S) groups is 1. The number of ether oxygens (including phenoxy) is 1. The standard InChI is InChI=1S/C14H21N3OS/c1-2-9-18-11-5-4-8-17(10-11)13-7-3-6-12(16-13)14(15)19/h3,6-7,11H,2,4-5,8-10H2,1H3,(H2,15,19). The number of rotatable bonds is 5. The number of nitrogens with two attached hydrogens (primary N) is 1. The molecule has 0 bridgehead atoms. The number of piperidine rings is 1. The van der Waals surface area contributed by atoms with Gasteiger partial charge in [0.1, 0.15) is 10.8 Å². The number of anilines is 1. The summed E-state index contributed by atoms with van der Waals surface area (Å²) in [4.78, 5) is 7.12. The van der Waals surface area contributed by atoms with Crippen molar-refractivity contribution >= 4 is 23.0 Å². The summed E-state index contributed by atoms with van der Waals surface area (Å²) in [5, 5.41) is 0. The summed E-state index contributed by atoms with van der Waals surface area (Å²) in [6.07, 6.45) is 3.63. The quantitative estimate of drug-likeness (QED) is 0.837. The smallest absolute Gasteiger partial charge is 0.129 e. The number of hydrogen-bond donors (Lipinski definition) is 1. The van der Waals surface area contributed by atoms with Gasteiger partial charge in [0.15, 0.2) is 0 Å². The lowest BCUT2D eigenvalue weighted by Crippen LogP contribution is -2.40. The molecule has 0 radical (unpaired) electrons. The SMILES string of the molecule is CCCOC1CCCN(c2cccc(C(N)=S)n2)C1. The van der Waals surface area contributed by atoms with Gasteiger partial charge in [-0.1, -0.05) is 25.2 Å². The Morgan fingerprint density at radius 2 is 2.42 bits per heavy atom. The van der Waals surface area contributed by atoms with Crippen LogP contribution in [0.15, 0.2) is 18.2 Å². The van der Waals surface area contributed by atoms with Gasteiger partial charge in [-0.05, 0) is 31.4 Å². The van der Waals surface area contributed by atoms with Gasteiger partial charge in [0.05, 0.1) is 11.8 Å². The Balaban J connectivity index is 2.04. The molecule has 0 aliphatic carbocycles. The van der Waals surface area contributed by atoms with Crippen LogP contribution in [0.5, 0.6) is 0 Å². The van der Waals surface area contributed by atoms with Gasteiger partial charge in [-0.15, -0.1) is 0 Å². The van der Waals surface area contributed by atoms with Crippen LogP contribution >= 0.6 is 12.2 Å². The Bertz CT molecular complexity index is 438. The van der Waals surface area contributed by atoms with Crippen molar-refractivity contribution in [3.63, 3.8) is 0 Å². The van der Waals surface area contributed by atoms with Crippen molar-refractivity contribution in [3.8, 4) is 0 Å². The van der Waals surface area contributed by atoms with Crippen LogP contribution in [0.4, 0.5) is 5.82 Å². The van der Waals surface area contributed by atoms with Crippen molar-refractivity contribution in [2.75, 3.05) is 24.6 Å². The van der Waals surface area contributed by atoms with Crippen molar-refractivity contribution in [3.05, 3.63) is 23.9 Å². The van der Waals surface area contributed by atoms with Crippen molar-refractivity contribution in [2.45, 2.75) is 32.3 Å². The van der Waals surface area contributed by atoms with E-state index in [2.05, 4.69) is 16.8 Å². The number of nitrogens with zero attached hydrogens (tertiary/aromatic N) is 2. The molecule has 0 saturated carbocycles. The normalized spacial score (nSPS) is 19.4. The molecule has 1 aliphatic heterocycles. The van der Waals surface area contributed by atoms with Gasteiger partial charge in [-0.2, -0.15) is 0 Å². The Morgan fingerprint density at radius 3 is 3.16 bits per heavy atom. The molecular weight excluding hydrogens is 258 g/mol. The third-order valence-electron chi connectivity index (χ3n) is 3.25. The summed E-state index contributed by atoms with van der Waals surface area (Å²) in [6.45, 7) is 4.88. The third kappa shape index (κ3) is 3.88. The minimum absolute atomic E-state index is 0.309. The van der Waals surface area contributed by atoms with Crippen molar-refractivity contribution in [2.24, 2.45) is 5.73 Å². The van der Waals surface area contributed by atoms with Gasteiger partial charge in [0, 0.05) is 19.7 Å². The van der Waals surface area contributed by atoms with Crippen LogP contribution in [0.25, 0.3) is 0 Å². The molecule has 2 heterocycles. The topological polar surface area (TPSA) is 51.4 Å². The summed E-state index contributed by atoms with van der Waals surface area (Å²) in [7, 11) is 0. The third-order valence-corrected chi connectivity index (χ3v) is 3.46. The van der Waals surface area contributed by atoms with Crippen LogP contribution in [-0.4, -0.2) is 35.8 Å². The Labute approximate surface area is 120 Å². The highest BCUT2D eigenvalue weighted by atomic mass is 32.1. The highest BCUT2D eigenvalue weighted by Gasteiger charge is 2.21. The zero-order chi connectivity index (χ0) is 13.7. The zero-order valence-electron chi connectivity index (χ0n) is 11.3. The van der Waals surface area contributed by atoms with E-state index in [9.17, 15) is 0 Å². The maximum atomic E-state index is 5.84. The Morgan fingerprint density at radius 1 is 1.58 bits per heavy atom. The van der Waals surface area contributed by atoms with Crippen LogP contribution < -0.4 is 10.6 Å². The molecule has 1 atom stereocenters. The molecule has 19 heavy (non-hydrogen) atoms. The molecule has 1 aromatic heterocycles. The molecule has 1 aromatic rings. The van der Waals surface area contributed by atoms with E-state index >= 15 is 0 Å². The first-order valence-electron chi connectivity index (χ1n) is 6.84. The molecule has 104 valence electrons. The molecule has 5 heteroatoms. The molecule has 1 unspecified atom stereocenters. The fourth-order valence-corrected chi connectivity index (χ4v) is 2.42. The number of aromatic nitrogens is 1. The minimum Gasteiger partial charge on any atom is -0.388 e. The highest BCUT2D eigenvalue weighted by molar-refractivity contribution is 7.80. The molecule has 1 saturated heterocycles. The maximum Gasteiger partial charge on any atom is 0.129 e. The summed E-state index contributed by atoms with van der Waals surface area (Å²) in [6, 6.07) is 5.80. The van der Waals surface area contributed by atoms with Gasteiger partial charge in [0.25, 0.3) is 0 Å². The molecule has 2 rings (SSSR count). The lowest BCUT2D eigenvalue weighted by Gasteiger charge is -2.33. The Kier molecular flexibility index (Phi) is 5.10. The lowest BCUT2D eigenvalue weighted by atomic mass is 10.1. The van der Waals surface area contributed by atoms with Crippen molar-refractivity contribution in [1.29, 1.82) is 0 Å². The molecule has 0 amide bonds. The molecule has 2 N–H and O–H groups in total.